The first-order valence-electron chi connectivity index (χ1n) is 8.13. The molecule has 28 heavy (non-hydrogen) atoms. The third kappa shape index (κ3) is 4.82. The molecule has 0 heterocycles. The van der Waals surface area contributed by atoms with E-state index >= 15 is 0 Å². The molecule has 10 nitrogen and oxygen atoms in total. The lowest BCUT2D eigenvalue weighted by atomic mass is 10.2. The predicted octanol–water partition coefficient (Wildman–Crippen LogP) is 4.80. The monoisotopic (exact) mass is 386 g/mol. The molecule has 0 radical (unpaired) electrons. The number of hydrogen-bond acceptors (Lipinski definition) is 8. The fraction of sp³-hybridized carbons (Fsp3) is 0.235. The Kier molecular flexibility index (Phi) is 6.64. The van der Waals surface area contributed by atoms with E-state index < -0.39 is 32.7 Å². The zero-order valence-corrected chi connectivity index (χ0v) is 14.8. The number of hydrogen-bond donors (Lipinski definition) is 0. The summed E-state index contributed by atoms with van der Waals surface area (Å²) in [6, 6.07) is 9.93. The van der Waals surface area contributed by atoms with Gasteiger partial charge in [0.05, 0.1) is 34.1 Å². The molecule has 0 saturated carbocycles. The van der Waals surface area contributed by atoms with E-state index in [1.54, 1.807) is 24.3 Å². The Morgan fingerprint density at radius 1 is 1.11 bits per heavy atom. The van der Waals surface area contributed by atoms with Crippen molar-refractivity contribution in [1.29, 1.82) is 5.26 Å². The quantitative estimate of drug-likeness (QED) is 0.363. The fourth-order valence-corrected chi connectivity index (χ4v) is 2.40. The third-order valence-electron chi connectivity index (χ3n) is 3.80. The second-order valence-corrected chi connectivity index (χ2v) is 5.51. The zero-order chi connectivity index (χ0) is 20.7. The summed E-state index contributed by atoms with van der Waals surface area (Å²) >= 11 is 0. The molecule has 0 aliphatic carbocycles. The molecule has 0 amide bonds. The summed E-state index contributed by atoms with van der Waals surface area (Å²) in [5, 5.41) is 38.0. The number of nitrogens with zero attached hydrogens (tertiary/aromatic N) is 6. The number of nitro groups is 2. The summed E-state index contributed by atoms with van der Waals surface area (Å²) in [5.41, 5.74) is -0.937. The highest BCUT2D eigenvalue weighted by molar-refractivity contribution is 5.62. The molecule has 0 spiro atoms. The summed E-state index contributed by atoms with van der Waals surface area (Å²) in [7, 11) is 0. The van der Waals surface area contributed by atoms with Crippen molar-refractivity contribution >= 4 is 28.4 Å². The van der Waals surface area contributed by atoms with Crippen molar-refractivity contribution in [2.75, 3.05) is 18.0 Å². The Labute approximate surface area is 158 Å². The topological polar surface area (TPSA) is 138 Å². The highest BCUT2D eigenvalue weighted by atomic mass is 19.1. The van der Waals surface area contributed by atoms with Gasteiger partial charge in [0, 0.05) is 24.8 Å². The second-order valence-electron chi connectivity index (χ2n) is 5.51. The number of azo groups is 1. The Bertz CT molecular complexity index is 955. The van der Waals surface area contributed by atoms with Gasteiger partial charge in [0.25, 0.3) is 0 Å². The van der Waals surface area contributed by atoms with Crippen molar-refractivity contribution in [1.82, 2.24) is 0 Å². The van der Waals surface area contributed by atoms with Crippen LogP contribution in [-0.2, 0) is 0 Å². The fourth-order valence-electron chi connectivity index (χ4n) is 2.40. The van der Waals surface area contributed by atoms with Crippen LogP contribution in [0.1, 0.15) is 13.3 Å². The van der Waals surface area contributed by atoms with Gasteiger partial charge in [0.15, 0.2) is 5.69 Å². The van der Waals surface area contributed by atoms with Crippen LogP contribution in [-0.4, -0.2) is 22.9 Å². The molecule has 0 N–H and O–H groups in total. The standard InChI is InChI=1S/C17H15FN6O4/c1-2-22(9-3-8-19)13-6-4-12(5-7-13)20-21-15-10-14(18)16(23(25)26)11-17(15)24(27)28/h4-7,10-11H,2-3,9H2,1H3. The predicted molar refractivity (Wildman–Crippen MR) is 98.4 cm³/mol. The minimum atomic E-state index is -1.24. The number of nitro benzene ring substituents is 2. The van der Waals surface area contributed by atoms with Crippen LogP contribution in [0.3, 0.4) is 0 Å². The summed E-state index contributed by atoms with van der Waals surface area (Å²) in [6.07, 6.45) is 0.380. The SMILES string of the molecule is CCN(CCC#N)c1ccc(N=Nc2cc(F)c([N+](=O)[O-])cc2[N+](=O)[O-])cc1. The van der Waals surface area contributed by atoms with Crippen molar-refractivity contribution < 1.29 is 14.2 Å². The van der Waals surface area contributed by atoms with E-state index in [-0.39, 0.29) is 0 Å². The van der Waals surface area contributed by atoms with Gasteiger partial charge in [-0.1, -0.05) is 0 Å². The zero-order valence-electron chi connectivity index (χ0n) is 14.8. The minimum absolute atomic E-state index is 0.355. The first-order chi connectivity index (χ1) is 13.4. The van der Waals surface area contributed by atoms with Crippen LogP contribution in [0.2, 0.25) is 0 Å². The Morgan fingerprint density at radius 3 is 2.29 bits per heavy atom. The molecule has 0 aliphatic heterocycles. The Balaban J connectivity index is 2.28. The molecule has 2 aromatic carbocycles. The van der Waals surface area contributed by atoms with Gasteiger partial charge in [-0.3, -0.25) is 20.2 Å². The molecular weight excluding hydrogens is 371 g/mol. The van der Waals surface area contributed by atoms with E-state index in [9.17, 15) is 24.6 Å². The largest absolute Gasteiger partial charge is 0.371 e. The van der Waals surface area contributed by atoms with Gasteiger partial charge in [0.2, 0.25) is 5.82 Å². The first kappa shape index (κ1) is 20.4. The lowest BCUT2D eigenvalue weighted by Gasteiger charge is -2.21. The molecule has 0 atom stereocenters. The third-order valence-corrected chi connectivity index (χ3v) is 3.80. The van der Waals surface area contributed by atoms with Crippen molar-refractivity contribution in [3.05, 3.63) is 62.4 Å². The van der Waals surface area contributed by atoms with Crippen LogP contribution in [0.5, 0.6) is 0 Å². The first-order valence-corrected chi connectivity index (χ1v) is 8.13. The molecule has 0 unspecified atom stereocenters. The van der Waals surface area contributed by atoms with Crippen LogP contribution >= 0.6 is 0 Å². The van der Waals surface area contributed by atoms with Gasteiger partial charge in [-0.25, -0.2) is 0 Å². The summed E-state index contributed by atoms with van der Waals surface area (Å²) in [5.74, 6) is -1.24. The summed E-state index contributed by atoms with van der Waals surface area (Å²) in [6.45, 7) is 3.23. The maximum absolute atomic E-state index is 13.8. The number of benzene rings is 2. The molecule has 0 bridgehead atoms. The van der Waals surface area contributed by atoms with Gasteiger partial charge in [0.1, 0.15) is 0 Å². The average molecular weight is 386 g/mol. The van der Waals surface area contributed by atoms with E-state index in [0.717, 1.165) is 5.69 Å². The smallest absolute Gasteiger partial charge is 0.311 e. The summed E-state index contributed by atoms with van der Waals surface area (Å²) < 4.78 is 13.8. The van der Waals surface area contributed by atoms with E-state index in [0.29, 0.717) is 37.3 Å². The molecule has 11 heteroatoms. The molecule has 0 saturated heterocycles. The van der Waals surface area contributed by atoms with Crippen LogP contribution in [0, 0.1) is 37.4 Å². The van der Waals surface area contributed by atoms with Gasteiger partial charge in [-0.15, -0.1) is 5.11 Å². The highest BCUT2D eigenvalue weighted by Crippen LogP contribution is 2.34. The molecule has 2 aromatic rings. The van der Waals surface area contributed by atoms with Crippen molar-refractivity contribution in [3.63, 3.8) is 0 Å². The Morgan fingerprint density at radius 2 is 1.75 bits per heavy atom. The molecule has 2 rings (SSSR count). The van der Waals surface area contributed by atoms with E-state index in [1.165, 1.54) is 0 Å². The summed E-state index contributed by atoms with van der Waals surface area (Å²) in [4.78, 5) is 21.9. The van der Waals surface area contributed by atoms with Crippen molar-refractivity contribution in [2.24, 2.45) is 10.2 Å². The lowest BCUT2D eigenvalue weighted by Crippen LogP contribution is -2.23. The number of rotatable bonds is 8. The van der Waals surface area contributed by atoms with Gasteiger partial charge in [-0.05, 0) is 31.2 Å². The van der Waals surface area contributed by atoms with E-state index in [2.05, 4.69) is 16.3 Å². The van der Waals surface area contributed by atoms with E-state index in [1.807, 2.05) is 11.8 Å². The molecule has 0 aliphatic rings. The molecule has 0 fully saturated rings. The van der Waals surface area contributed by atoms with Crippen molar-refractivity contribution in [3.8, 4) is 6.07 Å². The maximum atomic E-state index is 13.8. The van der Waals surface area contributed by atoms with Gasteiger partial charge in [-0.2, -0.15) is 14.8 Å². The van der Waals surface area contributed by atoms with Gasteiger partial charge >= 0.3 is 11.4 Å². The Hall–Kier alpha value is -3.94. The second kappa shape index (κ2) is 9.13. The van der Waals surface area contributed by atoms with E-state index in [4.69, 9.17) is 5.26 Å². The number of halogens is 1. The van der Waals surface area contributed by atoms with Crippen LogP contribution in [0.4, 0.5) is 32.8 Å². The number of nitriles is 1. The van der Waals surface area contributed by atoms with Crippen LogP contribution < -0.4 is 4.90 Å². The van der Waals surface area contributed by atoms with Crippen LogP contribution in [0.15, 0.2) is 46.6 Å². The van der Waals surface area contributed by atoms with Crippen molar-refractivity contribution in [2.45, 2.75) is 13.3 Å². The minimum Gasteiger partial charge on any atom is -0.371 e. The number of anilines is 1. The average Bonchev–Trinajstić information content (AvgIpc) is 2.67. The highest BCUT2D eigenvalue weighted by Gasteiger charge is 2.24. The molecule has 144 valence electrons. The lowest BCUT2D eigenvalue weighted by molar-refractivity contribution is -0.395. The normalized spacial score (nSPS) is 10.6. The van der Waals surface area contributed by atoms with Gasteiger partial charge < -0.3 is 4.90 Å². The van der Waals surface area contributed by atoms with Crippen LogP contribution in [0.25, 0.3) is 0 Å². The molecular formula is C17H15FN6O4. The maximum Gasteiger partial charge on any atom is 0.311 e. The molecule has 0 aromatic heterocycles.